The van der Waals surface area contributed by atoms with Crippen LogP contribution in [0.2, 0.25) is 0 Å². The van der Waals surface area contributed by atoms with Gasteiger partial charge >= 0.3 is 5.97 Å². The second-order valence-electron chi connectivity index (χ2n) is 13.2. The number of hydrogen-bond donors (Lipinski definition) is 2. The lowest BCUT2D eigenvalue weighted by Gasteiger charge is -2.53. The second kappa shape index (κ2) is 13.7. The minimum atomic E-state index is -0.299. The number of hydrogen-bond acceptors (Lipinski definition) is 4. The molecule has 0 bridgehead atoms. The van der Waals surface area contributed by atoms with Crippen LogP contribution in [-0.2, 0) is 6.42 Å². The van der Waals surface area contributed by atoms with Gasteiger partial charge in [-0.1, -0.05) is 82.6 Å². The summed E-state index contributed by atoms with van der Waals surface area (Å²) in [5.74, 6) is 2.79. The SMILES string of the molecule is C[C@]12CC[C@@H]3c4ccc(OC(=O)c5ccccc5)cc4C[C@@H](CCCCCCCCCCCO)[C@H]3[C@@H]1CC[C@@H]2O. The van der Waals surface area contributed by atoms with Crippen LogP contribution in [-0.4, -0.2) is 28.9 Å². The Labute approximate surface area is 241 Å². The third-order valence-corrected chi connectivity index (χ3v) is 10.8. The molecule has 6 atom stereocenters. The minimum absolute atomic E-state index is 0.0676. The average Bonchev–Trinajstić information content (AvgIpc) is 3.28. The number of aliphatic hydroxyl groups is 2. The van der Waals surface area contributed by atoms with Crippen molar-refractivity contribution in [2.75, 3.05) is 6.61 Å². The highest BCUT2D eigenvalue weighted by Gasteiger charge is 2.56. The maximum atomic E-state index is 12.7. The fourth-order valence-corrected chi connectivity index (χ4v) is 8.58. The van der Waals surface area contributed by atoms with Gasteiger partial charge in [0.1, 0.15) is 5.75 Å². The summed E-state index contributed by atoms with van der Waals surface area (Å²) in [5, 5.41) is 19.9. The zero-order valence-electron chi connectivity index (χ0n) is 24.5. The van der Waals surface area contributed by atoms with E-state index in [0.29, 0.717) is 41.6 Å². The number of benzene rings is 2. The number of carbonyl (C=O) groups excluding carboxylic acids is 1. The molecule has 0 unspecified atom stereocenters. The molecule has 3 aliphatic rings. The lowest BCUT2D eigenvalue weighted by atomic mass is 9.52. The molecule has 0 amide bonds. The van der Waals surface area contributed by atoms with Gasteiger partial charge in [-0.15, -0.1) is 0 Å². The lowest BCUT2D eigenvalue weighted by molar-refractivity contribution is -0.0396. The van der Waals surface area contributed by atoms with Crippen molar-refractivity contribution in [3.05, 3.63) is 65.2 Å². The van der Waals surface area contributed by atoms with Gasteiger partial charge in [0.05, 0.1) is 11.7 Å². The van der Waals surface area contributed by atoms with E-state index in [4.69, 9.17) is 9.84 Å². The van der Waals surface area contributed by atoms with E-state index in [1.54, 1.807) is 12.1 Å². The van der Waals surface area contributed by atoms with E-state index in [1.165, 1.54) is 62.5 Å². The first kappa shape index (κ1) is 29.3. The summed E-state index contributed by atoms with van der Waals surface area (Å²) >= 11 is 0. The first-order valence-corrected chi connectivity index (χ1v) is 16.2. The molecule has 0 saturated heterocycles. The quantitative estimate of drug-likeness (QED) is 0.151. The van der Waals surface area contributed by atoms with Gasteiger partial charge < -0.3 is 14.9 Å². The molecule has 0 aromatic heterocycles. The van der Waals surface area contributed by atoms with Crippen LogP contribution in [0.25, 0.3) is 0 Å². The van der Waals surface area contributed by atoms with Crippen LogP contribution in [0.4, 0.5) is 0 Å². The number of unbranched alkanes of at least 4 members (excludes halogenated alkanes) is 8. The third-order valence-electron chi connectivity index (χ3n) is 10.8. The average molecular weight is 547 g/mol. The standard InChI is InChI=1S/C36H50O4/c1-36-22-21-31-30-18-17-29(40-35(39)26-14-11-9-12-15-26)25-28(30)24-27(34(31)32(36)19-20-33(36)38)16-10-7-5-3-2-4-6-8-13-23-37/h9,11-12,14-15,17-18,25,27,31-34,37-38H,2-8,10,13,16,19-24H2,1H3/t27-,31-,32+,33+,34-,36+/m1/s1. The molecule has 2 N–H and O–H groups in total. The summed E-state index contributed by atoms with van der Waals surface area (Å²) in [6, 6.07) is 15.6. The maximum absolute atomic E-state index is 12.7. The summed E-state index contributed by atoms with van der Waals surface area (Å²) in [6.45, 7) is 2.69. The first-order chi connectivity index (χ1) is 19.5. The summed E-state index contributed by atoms with van der Waals surface area (Å²) in [7, 11) is 0. The van der Waals surface area contributed by atoms with Gasteiger partial charge in [-0.3, -0.25) is 0 Å². The molecule has 2 fully saturated rings. The second-order valence-corrected chi connectivity index (χ2v) is 13.2. The number of carbonyl (C=O) groups is 1. The van der Waals surface area contributed by atoms with Crippen molar-refractivity contribution in [2.24, 2.45) is 23.2 Å². The number of ether oxygens (including phenoxy) is 1. The largest absolute Gasteiger partial charge is 0.423 e. The van der Waals surface area contributed by atoms with Gasteiger partial charge in [-0.2, -0.15) is 0 Å². The Morgan fingerprint density at radius 3 is 2.33 bits per heavy atom. The van der Waals surface area contributed by atoms with Crippen molar-refractivity contribution in [3.63, 3.8) is 0 Å². The highest BCUT2D eigenvalue weighted by Crippen LogP contribution is 2.62. The molecular weight excluding hydrogens is 496 g/mol. The Morgan fingerprint density at radius 2 is 1.60 bits per heavy atom. The first-order valence-electron chi connectivity index (χ1n) is 16.2. The molecule has 0 radical (unpaired) electrons. The van der Waals surface area contributed by atoms with E-state index < -0.39 is 0 Å². The maximum Gasteiger partial charge on any atom is 0.343 e. The van der Waals surface area contributed by atoms with Crippen molar-refractivity contribution in [2.45, 2.75) is 115 Å². The highest BCUT2D eigenvalue weighted by atomic mass is 16.5. The molecule has 218 valence electrons. The Morgan fingerprint density at radius 1 is 0.900 bits per heavy atom. The highest BCUT2D eigenvalue weighted by molar-refractivity contribution is 5.91. The van der Waals surface area contributed by atoms with E-state index in [-0.39, 0.29) is 17.5 Å². The molecule has 0 heterocycles. The predicted molar refractivity (Wildman–Crippen MR) is 161 cm³/mol. The van der Waals surface area contributed by atoms with Crippen LogP contribution in [0.3, 0.4) is 0 Å². The van der Waals surface area contributed by atoms with Crippen LogP contribution in [0.5, 0.6) is 5.75 Å². The van der Waals surface area contributed by atoms with Crippen LogP contribution in [0.1, 0.15) is 124 Å². The van der Waals surface area contributed by atoms with Gasteiger partial charge in [0.15, 0.2) is 0 Å². The number of rotatable bonds is 13. The number of aliphatic hydroxyl groups excluding tert-OH is 2. The van der Waals surface area contributed by atoms with Crippen LogP contribution in [0, 0.1) is 23.2 Å². The molecule has 2 aromatic carbocycles. The van der Waals surface area contributed by atoms with E-state index >= 15 is 0 Å². The van der Waals surface area contributed by atoms with E-state index in [1.807, 2.05) is 24.3 Å². The molecule has 5 rings (SSSR count). The normalized spacial score (nSPS) is 28.9. The monoisotopic (exact) mass is 546 g/mol. The van der Waals surface area contributed by atoms with Crippen molar-refractivity contribution in [1.29, 1.82) is 0 Å². The minimum Gasteiger partial charge on any atom is -0.423 e. The number of esters is 1. The molecule has 4 heteroatoms. The Balaban J connectivity index is 1.25. The van der Waals surface area contributed by atoms with E-state index in [9.17, 15) is 9.90 Å². The fraction of sp³-hybridized carbons (Fsp3) is 0.639. The van der Waals surface area contributed by atoms with Crippen LogP contribution in [0.15, 0.2) is 48.5 Å². The molecular formula is C36H50O4. The number of fused-ring (bicyclic) bond motifs is 5. The smallest absolute Gasteiger partial charge is 0.343 e. The topological polar surface area (TPSA) is 66.8 Å². The van der Waals surface area contributed by atoms with Crippen molar-refractivity contribution in [1.82, 2.24) is 0 Å². The van der Waals surface area contributed by atoms with Crippen LogP contribution < -0.4 is 4.74 Å². The molecule has 40 heavy (non-hydrogen) atoms. The van der Waals surface area contributed by atoms with Crippen molar-refractivity contribution < 1.29 is 19.7 Å². The summed E-state index contributed by atoms with van der Waals surface area (Å²) < 4.78 is 5.82. The van der Waals surface area contributed by atoms with Gasteiger partial charge in [0.25, 0.3) is 0 Å². The molecule has 4 nitrogen and oxygen atoms in total. The summed E-state index contributed by atoms with van der Waals surface area (Å²) in [6.07, 6.45) is 17.7. The Kier molecular flexibility index (Phi) is 10.0. The molecule has 2 saturated carbocycles. The molecule has 3 aliphatic carbocycles. The fourth-order valence-electron chi connectivity index (χ4n) is 8.58. The molecule has 2 aromatic rings. The van der Waals surface area contributed by atoms with Gasteiger partial charge in [-0.05, 0) is 109 Å². The molecule has 0 aliphatic heterocycles. The Hall–Kier alpha value is -2.17. The van der Waals surface area contributed by atoms with E-state index in [2.05, 4.69) is 19.1 Å². The third kappa shape index (κ3) is 6.49. The van der Waals surface area contributed by atoms with Gasteiger partial charge in [0.2, 0.25) is 0 Å². The molecule has 0 spiro atoms. The van der Waals surface area contributed by atoms with Gasteiger partial charge in [-0.25, -0.2) is 4.79 Å². The summed E-state index contributed by atoms with van der Waals surface area (Å²) in [5.41, 5.74) is 3.48. The summed E-state index contributed by atoms with van der Waals surface area (Å²) in [4.78, 5) is 12.7. The lowest BCUT2D eigenvalue weighted by Crippen LogP contribution is -2.47. The van der Waals surface area contributed by atoms with Crippen LogP contribution >= 0.6 is 0 Å². The predicted octanol–water partition coefficient (Wildman–Crippen LogP) is 8.24. The Bertz CT molecular complexity index is 1100. The zero-order valence-corrected chi connectivity index (χ0v) is 24.5. The van der Waals surface area contributed by atoms with E-state index in [0.717, 1.165) is 44.9 Å². The zero-order chi connectivity index (χ0) is 28.0. The van der Waals surface area contributed by atoms with Crippen molar-refractivity contribution >= 4 is 5.97 Å². The van der Waals surface area contributed by atoms with Crippen molar-refractivity contribution in [3.8, 4) is 5.75 Å². The van der Waals surface area contributed by atoms with Gasteiger partial charge in [0, 0.05) is 6.61 Å².